The molecule has 2 aromatic heterocycles. The van der Waals surface area contributed by atoms with Crippen molar-refractivity contribution in [2.24, 2.45) is 5.10 Å². The zero-order valence-corrected chi connectivity index (χ0v) is 7.59. The van der Waals surface area contributed by atoms with E-state index in [1.54, 1.807) is 0 Å². The fourth-order valence-electron chi connectivity index (χ4n) is 0.733. The molecule has 0 saturated heterocycles. The van der Waals surface area contributed by atoms with Crippen molar-refractivity contribution in [3.63, 3.8) is 0 Å². The predicted molar refractivity (Wildman–Crippen MR) is 46.7 cm³/mol. The normalized spacial score (nSPS) is 11.6. The fraction of sp³-hybridized carbons (Fsp3) is 0. The molecule has 0 fully saturated rings. The van der Waals surface area contributed by atoms with Crippen LogP contribution in [0.5, 0.6) is 0 Å². The molecule has 2 aromatic rings. The molecule has 0 bridgehead atoms. The third kappa shape index (κ3) is 1.76. The molecule has 2 heterocycles. The minimum atomic E-state index is -0.849. The van der Waals surface area contributed by atoms with Crippen molar-refractivity contribution in [3.8, 4) is 0 Å². The van der Waals surface area contributed by atoms with Gasteiger partial charge in [0, 0.05) is 0 Å². The molecule has 0 saturated carbocycles. The van der Waals surface area contributed by atoms with Crippen LogP contribution in [0, 0.1) is 0 Å². The number of nitrogens with one attached hydrogen (secondary N) is 1. The Morgan fingerprint density at radius 2 is 1.88 bits per heavy atom. The first-order valence-corrected chi connectivity index (χ1v) is 3.77. The molecule has 16 heavy (non-hydrogen) atoms. The second kappa shape index (κ2) is 3.64. The van der Waals surface area contributed by atoms with Gasteiger partial charge in [0.25, 0.3) is 11.9 Å². The number of tetrazole rings is 2. The second-order valence-electron chi connectivity index (χ2n) is 2.39. The standard InChI is InChI=1S/C3H6N12O/c4-1-6-10-12-14(1)8-3(16)9-15-2(5)7-11-13-15/h(H2,4,6,12)(H2,5,7,13)(H2,8,9,16)/p-1. The summed E-state index contributed by atoms with van der Waals surface area (Å²) in [5, 5.41) is 34.3. The third-order valence-electron chi connectivity index (χ3n) is 1.36. The largest absolute Gasteiger partial charge is 0.844 e. The van der Waals surface area contributed by atoms with E-state index in [1.165, 1.54) is 0 Å². The summed E-state index contributed by atoms with van der Waals surface area (Å²) < 4.78 is 0. The van der Waals surface area contributed by atoms with Gasteiger partial charge in [-0.15, -0.1) is 9.89 Å². The predicted octanol–water partition coefficient (Wildman–Crippen LogP) is -4.45. The van der Waals surface area contributed by atoms with Crippen molar-refractivity contribution in [2.75, 3.05) is 16.9 Å². The zero-order valence-electron chi connectivity index (χ0n) is 7.59. The molecule has 13 heteroatoms. The quantitative estimate of drug-likeness (QED) is 0.332. The monoisotopic (exact) mass is 225 g/mol. The molecule has 0 aliphatic rings. The minimum absolute atomic E-state index is 0.103. The summed E-state index contributed by atoms with van der Waals surface area (Å²) in [7, 11) is 0. The smallest absolute Gasteiger partial charge is 0.263 e. The molecule has 0 aliphatic carbocycles. The maximum Gasteiger partial charge on any atom is 0.263 e. The SMILES string of the molecule is Nc1nnnn1N=C([O-])Nn1nnnc1N. The van der Waals surface area contributed by atoms with Gasteiger partial charge in [0.1, 0.15) is 0 Å². The summed E-state index contributed by atoms with van der Waals surface area (Å²) in [5.41, 5.74) is 12.7. The Balaban J connectivity index is 2.15. The van der Waals surface area contributed by atoms with Crippen molar-refractivity contribution >= 4 is 17.9 Å². The maximum atomic E-state index is 11.3. The Kier molecular flexibility index (Phi) is 2.17. The van der Waals surface area contributed by atoms with Crippen LogP contribution in [0.4, 0.5) is 11.9 Å². The van der Waals surface area contributed by atoms with Crippen LogP contribution < -0.4 is 22.0 Å². The van der Waals surface area contributed by atoms with Gasteiger partial charge in [0.15, 0.2) is 0 Å². The molecule has 2 rings (SSSR count). The third-order valence-corrected chi connectivity index (χ3v) is 1.36. The van der Waals surface area contributed by atoms with Crippen molar-refractivity contribution in [1.29, 1.82) is 0 Å². The van der Waals surface area contributed by atoms with Crippen LogP contribution in [0.2, 0.25) is 0 Å². The Labute approximate surface area is 86.7 Å². The van der Waals surface area contributed by atoms with E-state index in [0.717, 1.165) is 9.58 Å². The Hall–Kier alpha value is -2.99. The van der Waals surface area contributed by atoms with Gasteiger partial charge < -0.3 is 16.6 Å². The van der Waals surface area contributed by atoms with Crippen LogP contribution in [-0.4, -0.2) is 46.7 Å². The average Bonchev–Trinajstić information content (AvgIpc) is 2.79. The molecule has 84 valence electrons. The number of aromatic nitrogens is 8. The van der Waals surface area contributed by atoms with E-state index in [-0.39, 0.29) is 11.9 Å². The molecule has 0 spiro atoms. The number of hydrogen-bond donors (Lipinski definition) is 3. The van der Waals surface area contributed by atoms with Crippen LogP contribution in [0.15, 0.2) is 5.10 Å². The fourth-order valence-corrected chi connectivity index (χ4v) is 0.733. The number of amidine groups is 1. The van der Waals surface area contributed by atoms with E-state index >= 15 is 0 Å². The van der Waals surface area contributed by atoms with E-state index < -0.39 is 6.02 Å². The van der Waals surface area contributed by atoms with Gasteiger partial charge in [-0.25, -0.2) is 0 Å². The highest BCUT2D eigenvalue weighted by Gasteiger charge is 2.00. The van der Waals surface area contributed by atoms with E-state index in [2.05, 4.69) is 41.6 Å². The molecule has 0 aliphatic heterocycles. The average molecular weight is 225 g/mol. The van der Waals surface area contributed by atoms with Crippen LogP contribution >= 0.6 is 0 Å². The van der Waals surface area contributed by atoms with Gasteiger partial charge in [-0.05, 0) is 20.9 Å². The van der Waals surface area contributed by atoms with Gasteiger partial charge in [0.05, 0.1) is 6.02 Å². The summed E-state index contributed by atoms with van der Waals surface area (Å²) in [5.74, 6) is -0.243. The zero-order chi connectivity index (χ0) is 11.5. The lowest BCUT2D eigenvalue weighted by molar-refractivity contribution is -0.216. The lowest BCUT2D eigenvalue weighted by Crippen LogP contribution is -2.35. The van der Waals surface area contributed by atoms with E-state index in [9.17, 15) is 5.11 Å². The lowest BCUT2D eigenvalue weighted by Gasteiger charge is -2.11. The number of nitrogen functional groups attached to an aromatic ring is 2. The summed E-state index contributed by atoms with van der Waals surface area (Å²) in [4.78, 5) is 1.56. The highest BCUT2D eigenvalue weighted by molar-refractivity contribution is 5.77. The first kappa shape index (κ1) is 9.56. The number of nitrogens with two attached hydrogens (primary N) is 2. The molecule has 0 aromatic carbocycles. The van der Waals surface area contributed by atoms with E-state index in [1.807, 2.05) is 0 Å². The van der Waals surface area contributed by atoms with Gasteiger partial charge >= 0.3 is 0 Å². The Morgan fingerprint density at radius 3 is 2.44 bits per heavy atom. The first-order chi connectivity index (χ1) is 7.66. The van der Waals surface area contributed by atoms with E-state index in [4.69, 9.17) is 11.5 Å². The molecule has 0 unspecified atom stereocenters. The van der Waals surface area contributed by atoms with Crippen LogP contribution in [0.25, 0.3) is 0 Å². The number of nitrogens with zero attached hydrogens (tertiary/aromatic N) is 9. The Morgan fingerprint density at radius 1 is 1.19 bits per heavy atom. The summed E-state index contributed by atoms with van der Waals surface area (Å²) in [6, 6.07) is -0.849. The van der Waals surface area contributed by atoms with Gasteiger partial charge in [-0.2, -0.15) is 0 Å². The molecule has 0 radical (unpaired) electrons. The highest BCUT2D eigenvalue weighted by atomic mass is 16.3. The molecular weight excluding hydrogens is 220 g/mol. The molecular formula is C3H5N12O-. The Bertz CT molecular complexity index is 508. The second-order valence-corrected chi connectivity index (χ2v) is 2.39. The molecule has 0 atom stereocenters. The van der Waals surface area contributed by atoms with Crippen molar-refractivity contribution in [3.05, 3.63) is 0 Å². The highest BCUT2D eigenvalue weighted by Crippen LogP contribution is 1.90. The number of rotatable bonds is 2. The lowest BCUT2D eigenvalue weighted by atomic mass is 11.1. The molecule has 0 amide bonds. The minimum Gasteiger partial charge on any atom is -0.844 e. The summed E-state index contributed by atoms with van der Waals surface area (Å²) in [6.07, 6.45) is 0. The topological polar surface area (TPSA) is 187 Å². The van der Waals surface area contributed by atoms with Crippen molar-refractivity contribution in [2.45, 2.75) is 0 Å². The van der Waals surface area contributed by atoms with Crippen LogP contribution in [-0.2, 0) is 0 Å². The van der Waals surface area contributed by atoms with Crippen LogP contribution in [0.3, 0.4) is 0 Å². The van der Waals surface area contributed by atoms with Crippen molar-refractivity contribution < 1.29 is 5.11 Å². The first-order valence-electron chi connectivity index (χ1n) is 3.77. The van der Waals surface area contributed by atoms with Crippen LogP contribution in [0.1, 0.15) is 0 Å². The number of hydrogen-bond acceptors (Lipinski definition) is 10. The van der Waals surface area contributed by atoms with E-state index in [0.29, 0.717) is 0 Å². The molecule has 5 N–H and O–H groups in total. The number of anilines is 2. The summed E-state index contributed by atoms with van der Waals surface area (Å²) in [6.45, 7) is 0. The van der Waals surface area contributed by atoms with Gasteiger partial charge in [-0.1, -0.05) is 15.0 Å². The molecule has 13 nitrogen and oxygen atoms in total. The summed E-state index contributed by atoms with van der Waals surface area (Å²) >= 11 is 0. The maximum absolute atomic E-state index is 11.3. The van der Waals surface area contributed by atoms with Gasteiger partial charge in [-0.3, -0.25) is 5.43 Å². The van der Waals surface area contributed by atoms with Gasteiger partial charge in [0.2, 0.25) is 0 Å². The van der Waals surface area contributed by atoms with Crippen molar-refractivity contribution in [1.82, 2.24) is 40.6 Å².